The molecule has 0 heterocycles. The third-order valence-corrected chi connectivity index (χ3v) is 3.75. The molecule has 0 aliphatic heterocycles. The Bertz CT molecular complexity index is 497. The Morgan fingerprint density at radius 3 is 2.60 bits per heavy atom. The number of benzene rings is 1. The van der Waals surface area contributed by atoms with E-state index in [1.54, 1.807) is 6.07 Å². The van der Waals surface area contributed by atoms with Gasteiger partial charge in [0.1, 0.15) is 0 Å². The second-order valence-corrected chi connectivity index (χ2v) is 5.16. The van der Waals surface area contributed by atoms with Crippen LogP contribution in [0.25, 0.3) is 0 Å². The number of aliphatic hydroxyl groups excluding tert-OH is 1. The molecule has 1 saturated carbocycles. The SMILES string of the molecule is COc1ccc(Cl)c(C(O)C(=O)O)c1OC1CCCC1. The summed E-state index contributed by atoms with van der Waals surface area (Å²) in [4.78, 5) is 11.0. The zero-order chi connectivity index (χ0) is 14.7. The number of halogens is 1. The minimum Gasteiger partial charge on any atom is -0.493 e. The molecule has 1 aliphatic rings. The number of carboxylic acids is 1. The molecule has 1 atom stereocenters. The fourth-order valence-electron chi connectivity index (χ4n) is 2.39. The number of carbonyl (C=O) groups is 1. The Labute approximate surface area is 122 Å². The van der Waals surface area contributed by atoms with Crippen molar-refractivity contribution in [2.75, 3.05) is 7.11 Å². The van der Waals surface area contributed by atoms with Gasteiger partial charge in [-0.3, -0.25) is 0 Å². The Kier molecular flexibility index (Phi) is 4.73. The van der Waals surface area contributed by atoms with Gasteiger partial charge in [-0.1, -0.05) is 11.6 Å². The van der Waals surface area contributed by atoms with Crippen LogP contribution < -0.4 is 9.47 Å². The smallest absolute Gasteiger partial charge is 0.337 e. The molecule has 0 spiro atoms. The first-order valence-corrected chi connectivity index (χ1v) is 6.86. The Morgan fingerprint density at radius 2 is 2.05 bits per heavy atom. The van der Waals surface area contributed by atoms with E-state index in [4.69, 9.17) is 26.2 Å². The molecular weight excluding hydrogens is 284 g/mol. The van der Waals surface area contributed by atoms with Crippen LogP contribution >= 0.6 is 11.6 Å². The fraction of sp³-hybridized carbons (Fsp3) is 0.500. The van der Waals surface area contributed by atoms with Gasteiger partial charge in [0, 0.05) is 0 Å². The number of aliphatic hydroxyl groups is 1. The fourth-order valence-corrected chi connectivity index (χ4v) is 2.64. The molecule has 20 heavy (non-hydrogen) atoms. The van der Waals surface area contributed by atoms with E-state index in [-0.39, 0.29) is 22.4 Å². The van der Waals surface area contributed by atoms with Crippen molar-refractivity contribution in [2.45, 2.75) is 37.9 Å². The Balaban J connectivity index is 2.43. The maximum atomic E-state index is 11.0. The van der Waals surface area contributed by atoms with Gasteiger partial charge in [0.15, 0.2) is 17.6 Å². The summed E-state index contributed by atoms with van der Waals surface area (Å²) >= 11 is 6.02. The summed E-state index contributed by atoms with van der Waals surface area (Å²) in [6.07, 6.45) is 2.21. The predicted octanol–water partition coefficient (Wildman–Crippen LogP) is 2.79. The molecule has 2 N–H and O–H groups in total. The summed E-state index contributed by atoms with van der Waals surface area (Å²) in [7, 11) is 1.46. The van der Waals surface area contributed by atoms with Gasteiger partial charge >= 0.3 is 5.97 Å². The van der Waals surface area contributed by atoms with Crippen LogP contribution in [-0.2, 0) is 4.79 Å². The Hall–Kier alpha value is -1.46. The number of methoxy groups -OCH3 is 1. The molecule has 1 aliphatic carbocycles. The highest BCUT2D eigenvalue weighted by Crippen LogP contribution is 2.41. The highest BCUT2D eigenvalue weighted by Gasteiger charge is 2.29. The number of rotatable bonds is 5. The van der Waals surface area contributed by atoms with Crippen molar-refractivity contribution < 1.29 is 24.5 Å². The van der Waals surface area contributed by atoms with Crippen LogP contribution in [0.4, 0.5) is 0 Å². The van der Waals surface area contributed by atoms with Crippen LogP contribution in [0.3, 0.4) is 0 Å². The molecule has 0 saturated heterocycles. The maximum Gasteiger partial charge on any atom is 0.337 e. The quantitative estimate of drug-likeness (QED) is 0.874. The van der Waals surface area contributed by atoms with E-state index in [1.165, 1.54) is 13.2 Å². The predicted molar refractivity (Wildman–Crippen MR) is 73.5 cm³/mol. The second kappa shape index (κ2) is 6.33. The lowest BCUT2D eigenvalue weighted by molar-refractivity contribution is -0.147. The average Bonchev–Trinajstić information content (AvgIpc) is 2.91. The highest BCUT2D eigenvalue weighted by molar-refractivity contribution is 6.32. The van der Waals surface area contributed by atoms with Gasteiger partial charge in [-0.15, -0.1) is 0 Å². The number of carboxylic acid groups (broad SMARTS) is 1. The number of aliphatic carboxylic acids is 1. The molecule has 1 fully saturated rings. The minimum absolute atomic E-state index is 0.00196. The van der Waals surface area contributed by atoms with E-state index in [2.05, 4.69) is 0 Å². The number of ether oxygens (including phenoxy) is 2. The summed E-state index contributed by atoms with van der Waals surface area (Å²) < 4.78 is 11.0. The molecule has 5 nitrogen and oxygen atoms in total. The van der Waals surface area contributed by atoms with Gasteiger partial charge in [0.2, 0.25) is 0 Å². The molecule has 0 bridgehead atoms. The Morgan fingerprint density at radius 1 is 1.40 bits per heavy atom. The van der Waals surface area contributed by atoms with Gasteiger partial charge in [0.05, 0.1) is 23.8 Å². The molecule has 110 valence electrons. The third kappa shape index (κ3) is 2.99. The molecule has 0 aromatic heterocycles. The molecule has 6 heteroatoms. The van der Waals surface area contributed by atoms with Crippen molar-refractivity contribution in [2.24, 2.45) is 0 Å². The van der Waals surface area contributed by atoms with E-state index in [0.29, 0.717) is 5.75 Å². The van der Waals surface area contributed by atoms with E-state index < -0.39 is 12.1 Å². The second-order valence-electron chi connectivity index (χ2n) is 4.76. The lowest BCUT2D eigenvalue weighted by atomic mass is 10.1. The summed E-state index contributed by atoms with van der Waals surface area (Å²) in [6.45, 7) is 0. The van der Waals surface area contributed by atoms with Gasteiger partial charge in [-0.05, 0) is 37.8 Å². The van der Waals surface area contributed by atoms with Gasteiger partial charge < -0.3 is 19.7 Å². The maximum absolute atomic E-state index is 11.0. The minimum atomic E-state index is -1.74. The van der Waals surface area contributed by atoms with E-state index in [1.807, 2.05) is 0 Å². The normalized spacial score (nSPS) is 16.9. The van der Waals surface area contributed by atoms with Gasteiger partial charge in [0.25, 0.3) is 0 Å². The summed E-state index contributed by atoms with van der Waals surface area (Å²) in [5.74, 6) is -0.783. The zero-order valence-corrected chi connectivity index (χ0v) is 11.9. The summed E-state index contributed by atoms with van der Waals surface area (Å²) in [5, 5.41) is 19.0. The monoisotopic (exact) mass is 300 g/mol. The van der Waals surface area contributed by atoms with E-state index >= 15 is 0 Å². The van der Waals surface area contributed by atoms with Crippen molar-refractivity contribution >= 4 is 17.6 Å². The van der Waals surface area contributed by atoms with Gasteiger partial charge in [-0.25, -0.2) is 4.79 Å². The molecule has 1 unspecified atom stereocenters. The van der Waals surface area contributed by atoms with E-state index in [0.717, 1.165) is 25.7 Å². The molecule has 0 amide bonds. The van der Waals surface area contributed by atoms with Crippen LogP contribution in [0, 0.1) is 0 Å². The van der Waals surface area contributed by atoms with Crippen molar-refractivity contribution in [3.63, 3.8) is 0 Å². The topological polar surface area (TPSA) is 76.0 Å². The number of hydrogen-bond acceptors (Lipinski definition) is 4. The first-order chi connectivity index (χ1) is 9.54. The summed E-state index contributed by atoms with van der Waals surface area (Å²) in [6, 6.07) is 3.09. The average molecular weight is 301 g/mol. The van der Waals surface area contributed by atoms with Crippen molar-refractivity contribution in [1.82, 2.24) is 0 Å². The largest absolute Gasteiger partial charge is 0.493 e. The van der Waals surface area contributed by atoms with E-state index in [9.17, 15) is 9.90 Å². The molecule has 1 aromatic rings. The van der Waals surface area contributed by atoms with Gasteiger partial charge in [-0.2, -0.15) is 0 Å². The number of hydrogen-bond donors (Lipinski definition) is 2. The van der Waals surface area contributed by atoms with Crippen LogP contribution in [0.2, 0.25) is 5.02 Å². The van der Waals surface area contributed by atoms with Crippen molar-refractivity contribution in [1.29, 1.82) is 0 Å². The highest BCUT2D eigenvalue weighted by atomic mass is 35.5. The molecular formula is C14H17ClO5. The standard InChI is InChI=1S/C14H17ClO5/c1-19-10-7-6-9(15)11(12(16)14(17)18)13(10)20-8-4-2-3-5-8/h6-8,12,16H,2-5H2,1H3,(H,17,18). The van der Waals surface area contributed by atoms with Crippen LogP contribution in [0.15, 0.2) is 12.1 Å². The van der Waals surface area contributed by atoms with Crippen LogP contribution in [0.5, 0.6) is 11.5 Å². The molecule has 1 aromatic carbocycles. The van der Waals surface area contributed by atoms with Crippen LogP contribution in [0.1, 0.15) is 37.4 Å². The summed E-state index contributed by atoms with van der Waals surface area (Å²) in [5.41, 5.74) is 0.0467. The first-order valence-electron chi connectivity index (χ1n) is 6.48. The first kappa shape index (κ1) is 14.9. The molecule has 0 radical (unpaired) electrons. The van der Waals surface area contributed by atoms with Crippen molar-refractivity contribution in [3.05, 3.63) is 22.7 Å². The zero-order valence-electron chi connectivity index (χ0n) is 11.1. The lowest BCUT2D eigenvalue weighted by Crippen LogP contribution is -2.17. The third-order valence-electron chi connectivity index (χ3n) is 3.42. The lowest BCUT2D eigenvalue weighted by Gasteiger charge is -2.21. The van der Waals surface area contributed by atoms with Crippen molar-refractivity contribution in [3.8, 4) is 11.5 Å². The van der Waals surface area contributed by atoms with Crippen LogP contribution in [-0.4, -0.2) is 29.4 Å². The molecule has 2 rings (SSSR count).